The van der Waals surface area contributed by atoms with Crippen LogP contribution in [0.4, 0.5) is 0 Å². The third-order valence-corrected chi connectivity index (χ3v) is 5.91. The van der Waals surface area contributed by atoms with Crippen molar-refractivity contribution in [2.75, 3.05) is 7.11 Å². The zero-order chi connectivity index (χ0) is 16.6. The second kappa shape index (κ2) is 5.98. The summed E-state index contributed by atoms with van der Waals surface area (Å²) >= 11 is 0. The summed E-state index contributed by atoms with van der Waals surface area (Å²) in [4.78, 5) is 0.137. The molecule has 1 heterocycles. The molecule has 1 N–H and O–H groups in total. The number of aryl methyl sites for hydroxylation is 3. The lowest BCUT2D eigenvalue weighted by molar-refractivity contribution is 0.390. The molecular weight excluding hydrogens is 316 g/mol. The molecule has 0 fully saturated rings. The first-order valence-electron chi connectivity index (χ1n) is 7.54. The molecule has 124 valence electrons. The zero-order valence-electron chi connectivity index (χ0n) is 13.4. The van der Waals surface area contributed by atoms with Gasteiger partial charge in [-0.3, -0.25) is 0 Å². The van der Waals surface area contributed by atoms with Gasteiger partial charge in [-0.05, 0) is 56.4 Å². The van der Waals surface area contributed by atoms with E-state index >= 15 is 0 Å². The van der Waals surface area contributed by atoms with Gasteiger partial charge in [0.05, 0.1) is 7.11 Å². The number of nitrogens with zero attached hydrogens (tertiary/aromatic N) is 1. The van der Waals surface area contributed by atoms with E-state index in [2.05, 4.69) is 9.88 Å². The van der Waals surface area contributed by atoms with Crippen LogP contribution in [0.15, 0.2) is 27.6 Å². The minimum Gasteiger partial charge on any atom is -0.497 e. The van der Waals surface area contributed by atoms with Crippen LogP contribution in [0, 0.1) is 13.8 Å². The number of fused-ring (bicyclic) bond motifs is 1. The topological polar surface area (TPSA) is 81.4 Å². The summed E-state index contributed by atoms with van der Waals surface area (Å²) in [6, 6.07) is 5.53. The van der Waals surface area contributed by atoms with Crippen molar-refractivity contribution in [3.05, 3.63) is 40.8 Å². The number of aromatic nitrogens is 1. The second-order valence-electron chi connectivity index (χ2n) is 5.78. The maximum atomic E-state index is 12.7. The Bertz CT molecular complexity index is 807. The summed E-state index contributed by atoms with van der Waals surface area (Å²) in [5, 5.41) is 3.73. The fourth-order valence-electron chi connectivity index (χ4n) is 3.14. The van der Waals surface area contributed by atoms with Crippen LogP contribution in [0.3, 0.4) is 0 Å². The lowest BCUT2D eigenvalue weighted by atomic mass is 9.88. The van der Waals surface area contributed by atoms with Crippen molar-refractivity contribution >= 4 is 10.0 Å². The van der Waals surface area contributed by atoms with Gasteiger partial charge in [0.2, 0.25) is 10.0 Å². The standard InChI is InChI=1S/C16H20N2O4S/c1-10-16(11(2)22-17-10)23(19,20)18-15-6-4-5-12-9-13(21-3)7-8-14(12)15/h7-9,15,18H,4-6H2,1-3H3/t15-/m1/s1. The zero-order valence-corrected chi connectivity index (χ0v) is 14.2. The van der Waals surface area contributed by atoms with Crippen molar-refractivity contribution in [1.82, 2.24) is 9.88 Å². The van der Waals surface area contributed by atoms with Crippen molar-refractivity contribution in [3.8, 4) is 5.75 Å². The van der Waals surface area contributed by atoms with Crippen LogP contribution >= 0.6 is 0 Å². The van der Waals surface area contributed by atoms with Gasteiger partial charge in [-0.2, -0.15) is 0 Å². The number of sulfonamides is 1. The summed E-state index contributed by atoms with van der Waals surface area (Å²) in [6.07, 6.45) is 2.62. The van der Waals surface area contributed by atoms with Gasteiger partial charge >= 0.3 is 0 Å². The Hall–Kier alpha value is -1.86. The molecule has 23 heavy (non-hydrogen) atoms. The van der Waals surface area contributed by atoms with E-state index in [0.29, 0.717) is 11.5 Å². The van der Waals surface area contributed by atoms with Crippen molar-refractivity contribution < 1.29 is 17.7 Å². The van der Waals surface area contributed by atoms with E-state index < -0.39 is 10.0 Å². The summed E-state index contributed by atoms with van der Waals surface area (Å²) < 4.78 is 38.4. The van der Waals surface area contributed by atoms with Crippen LogP contribution in [-0.2, 0) is 16.4 Å². The molecule has 0 aliphatic heterocycles. The molecule has 2 aromatic rings. The third-order valence-electron chi connectivity index (χ3n) is 4.20. The van der Waals surface area contributed by atoms with Gasteiger partial charge in [-0.1, -0.05) is 11.2 Å². The van der Waals surface area contributed by atoms with E-state index in [-0.39, 0.29) is 10.9 Å². The van der Waals surface area contributed by atoms with Crippen LogP contribution in [0.2, 0.25) is 0 Å². The van der Waals surface area contributed by atoms with Crippen LogP contribution in [0.5, 0.6) is 5.75 Å². The average molecular weight is 336 g/mol. The van der Waals surface area contributed by atoms with Crippen LogP contribution in [0.1, 0.15) is 41.5 Å². The van der Waals surface area contributed by atoms with Crippen LogP contribution < -0.4 is 9.46 Å². The molecule has 1 atom stereocenters. The number of hydrogen-bond acceptors (Lipinski definition) is 5. The molecule has 1 aromatic carbocycles. The fraction of sp³-hybridized carbons (Fsp3) is 0.438. The van der Waals surface area contributed by atoms with Crippen molar-refractivity contribution in [2.24, 2.45) is 0 Å². The molecule has 0 saturated heterocycles. The van der Waals surface area contributed by atoms with Crippen molar-refractivity contribution in [1.29, 1.82) is 0 Å². The Morgan fingerprint density at radius 2 is 2.13 bits per heavy atom. The van der Waals surface area contributed by atoms with Gasteiger partial charge in [-0.15, -0.1) is 0 Å². The summed E-state index contributed by atoms with van der Waals surface area (Å²) in [5.41, 5.74) is 2.51. The molecule has 0 radical (unpaired) electrons. The Kier molecular flexibility index (Phi) is 4.16. The molecule has 0 bridgehead atoms. The molecule has 1 aliphatic carbocycles. The van der Waals surface area contributed by atoms with E-state index in [1.165, 1.54) is 0 Å². The quantitative estimate of drug-likeness (QED) is 0.928. The lowest BCUT2D eigenvalue weighted by Gasteiger charge is -2.26. The molecule has 0 unspecified atom stereocenters. The van der Waals surface area contributed by atoms with Gasteiger partial charge in [0.25, 0.3) is 0 Å². The number of benzene rings is 1. The number of methoxy groups -OCH3 is 1. The lowest BCUT2D eigenvalue weighted by Crippen LogP contribution is -2.31. The van der Waals surface area contributed by atoms with Gasteiger partial charge < -0.3 is 9.26 Å². The number of ether oxygens (including phenoxy) is 1. The van der Waals surface area contributed by atoms with E-state index in [0.717, 1.165) is 36.1 Å². The Morgan fingerprint density at radius 1 is 1.35 bits per heavy atom. The maximum absolute atomic E-state index is 12.7. The smallest absolute Gasteiger partial charge is 0.246 e. The first-order chi connectivity index (χ1) is 10.9. The van der Waals surface area contributed by atoms with Crippen LogP contribution in [-0.4, -0.2) is 20.7 Å². The first kappa shape index (κ1) is 16.0. The van der Waals surface area contributed by atoms with E-state index in [9.17, 15) is 8.42 Å². The Morgan fingerprint density at radius 3 is 2.78 bits per heavy atom. The van der Waals surface area contributed by atoms with Crippen LogP contribution in [0.25, 0.3) is 0 Å². The molecule has 0 amide bonds. The molecule has 3 rings (SSSR count). The van der Waals surface area contributed by atoms with E-state index in [1.807, 2.05) is 18.2 Å². The normalized spacial score (nSPS) is 17.8. The third kappa shape index (κ3) is 2.98. The summed E-state index contributed by atoms with van der Waals surface area (Å²) in [5.74, 6) is 1.10. The highest BCUT2D eigenvalue weighted by atomic mass is 32.2. The second-order valence-corrected chi connectivity index (χ2v) is 7.43. The van der Waals surface area contributed by atoms with Gasteiger partial charge in [0, 0.05) is 6.04 Å². The monoisotopic (exact) mass is 336 g/mol. The van der Waals surface area contributed by atoms with Gasteiger partial charge in [0.1, 0.15) is 16.3 Å². The van der Waals surface area contributed by atoms with E-state index in [4.69, 9.17) is 9.26 Å². The van der Waals surface area contributed by atoms with Crippen molar-refractivity contribution in [2.45, 2.75) is 44.0 Å². The predicted molar refractivity (Wildman–Crippen MR) is 85.0 cm³/mol. The Labute approximate surface area is 135 Å². The first-order valence-corrected chi connectivity index (χ1v) is 9.02. The molecule has 1 aliphatic rings. The molecule has 7 heteroatoms. The SMILES string of the molecule is COc1ccc2c(c1)CCC[C@H]2NS(=O)(=O)c1c(C)noc1C. The van der Waals surface area contributed by atoms with E-state index in [1.54, 1.807) is 21.0 Å². The minimum absolute atomic E-state index is 0.137. The molecule has 0 saturated carbocycles. The molecule has 0 spiro atoms. The number of hydrogen-bond donors (Lipinski definition) is 1. The highest BCUT2D eigenvalue weighted by Crippen LogP contribution is 2.33. The summed E-state index contributed by atoms with van der Waals surface area (Å²) in [6.45, 7) is 3.24. The molecular formula is C16H20N2O4S. The molecule has 1 aromatic heterocycles. The fourth-order valence-corrected chi connectivity index (χ4v) is 4.72. The largest absolute Gasteiger partial charge is 0.497 e. The Balaban J connectivity index is 1.93. The number of nitrogens with one attached hydrogen (secondary N) is 1. The molecule has 6 nitrogen and oxygen atoms in total. The highest BCUT2D eigenvalue weighted by Gasteiger charge is 2.30. The summed E-state index contributed by atoms with van der Waals surface area (Å²) in [7, 11) is -2.05. The van der Waals surface area contributed by atoms with Gasteiger partial charge in [0.15, 0.2) is 5.76 Å². The number of rotatable bonds is 4. The highest BCUT2D eigenvalue weighted by molar-refractivity contribution is 7.89. The van der Waals surface area contributed by atoms with Gasteiger partial charge in [-0.25, -0.2) is 13.1 Å². The van der Waals surface area contributed by atoms with Crippen molar-refractivity contribution in [3.63, 3.8) is 0 Å². The minimum atomic E-state index is -3.67. The predicted octanol–water partition coefficient (Wildman–Crippen LogP) is 2.66. The maximum Gasteiger partial charge on any atom is 0.246 e. The average Bonchev–Trinajstić information content (AvgIpc) is 2.86.